The van der Waals surface area contributed by atoms with Gasteiger partial charge in [-0.2, -0.15) is 0 Å². The second-order valence-electron chi connectivity index (χ2n) is 17.6. The van der Waals surface area contributed by atoms with Crippen molar-refractivity contribution in [2.75, 3.05) is 6.61 Å². The highest BCUT2D eigenvalue weighted by Gasteiger charge is 2.77. The first-order valence-corrected chi connectivity index (χ1v) is 19.3. The Kier molecular flexibility index (Phi) is 11.3. The van der Waals surface area contributed by atoms with Crippen molar-refractivity contribution in [3.63, 3.8) is 0 Å². The van der Waals surface area contributed by atoms with Crippen molar-refractivity contribution in [1.29, 1.82) is 0 Å². The lowest BCUT2D eigenvalue weighted by molar-refractivity contribution is -0.351. The molecular weight excluding hydrogens is 738 g/mol. The van der Waals surface area contributed by atoms with E-state index in [2.05, 4.69) is 5.32 Å². The molecule has 0 spiro atoms. The highest BCUT2D eigenvalue weighted by atomic mass is 16.6. The molecule has 2 bridgehead atoms. The number of esters is 2. The minimum absolute atomic E-state index is 0.0498. The molecule has 0 radical (unpaired) electrons. The van der Waals surface area contributed by atoms with Crippen LogP contribution in [0.15, 0.2) is 71.8 Å². The fraction of sp³-hybridized carbons (Fsp3) is 0.581. The van der Waals surface area contributed by atoms with Crippen LogP contribution in [0.4, 0.5) is 4.79 Å². The number of carbonyl (C=O) groups is 4. The average Bonchev–Trinajstić information content (AvgIpc) is 3.13. The van der Waals surface area contributed by atoms with Crippen LogP contribution in [0.1, 0.15) is 85.4 Å². The van der Waals surface area contributed by atoms with Gasteiger partial charge in [-0.1, -0.05) is 74.5 Å². The standard InChI is InChI=1S/C43H55NO13/c1-23-27(55-37(50)33(48)31(26-17-13-10-14-18-26)44-38(51)57-39(3,4)5)20-43(52)36(53-21-25-15-11-9-12-16-25)34-41(8,35(49)32(47)30(23)40(43,6)7)28(46)19-29-42(34,22-54-29)56-24(2)45/h9-18,27-29,31-34,36,46-48,52H,19-22H2,1-8H3,(H,44,51)/t27-,28+,29+,31-,32+,33+,34?,36-,41+,42-,43+/m0/s1. The zero-order valence-corrected chi connectivity index (χ0v) is 33.7. The van der Waals surface area contributed by atoms with Crippen LogP contribution in [-0.4, -0.2) is 104 Å². The van der Waals surface area contributed by atoms with Gasteiger partial charge in [-0.15, -0.1) is 0 Å². The number of rotatable bonds is 9. The molecule has 11 atom stereocenters. The fourth-order valence-electron chi connectivity index (χ4n) is 9.63. The molecule has 2 saturated carbocycles. The number of hydrogen-bond donors (Lipinski definition) is 5. The largest absolute Gasteiger partial charge is 0.456 e. The first-order chi connectivity index (χ1) is 26.6. The molecule has 1 amide bonds. The summed E-state index contributed by atoms with van der Waals surface area (Å²) in [5, 5.41) is 51.7. The van der Waals surface area contributed by atoms with Crippen LogP contribution in [0.2, 0.25) is 0 Å². The molecule has 14 nitrogen and oxygen atoms in total. The van der Waals surface area contributed by atoms with Gasteiger partial charge in [-0.05, 0) is 56.9 Å². The molecular formula is C43H55NO13. The van der Waals surface area contributed by atoms with E-state index in [0.717, 1.165) is 0 Å². The average molecular weight is 794 g/mol. The van der Waals surface area contributed by atoms with E-state index in [4.69, 9.17) is 23.7 Å². The Labute approximate surface area is 332 Å². The number of ether oxygens (including phenoxy) is 5. The second-order valence-corrected chi connectivity index (χ2v) is 17.6. The summed E-state index contributed by atoms with van der Waals surface area (Å²) in [5.41, 5.74) is -6.50. The second kappa shape index (κ2) is 15.2. The maximum absolute atomic E-state index is 14.9. The number of hydrogen-bond acceptors (Lipinski definition) is 13. The Morgan fingerprint density at radius 2 is 1.61 bits per heavy atom. The zero-order valence-electron chi connectivity index (χ0n) is 33.7. The number of ketones is 1. The highest BCUT2D eigenvalue weighted by Crippen LogP contribution is 2.64. The summed E-state index contributed by atoms with van der Waals surface area (Å²) < 4.78 is 30.1. The van der Waals surface area contributed by atoms with E-state index in [-0.39, 0.29) is 37.2 Å². The van der Waals surface area contributed by atoms with Crippen LogP contribution in [-0.2, 0) is 44.7 Å². The van der Waals surface area contributed by atoms with E-state index in [1.165, 1.54) is 13.8 Å². The van der Waals surface area contributed by atoms with Crippen molar-refractivity contribution in [1.82, 2.24) is 5.32 Å². The first-order valence-electron chi connectivity index (χ1n) is 19.3. The maximum atomic E-state index is 14.9. The predicted molar refractivity (Wildman–Crippen MR) is 203 cm³/mol. The molecule has 3 aliphatic carbocycles. The number of carbonyl (C=O) groups excluding carboxylic acids is 4. The van der Waals surface area contributed by atoms with Gasteiger partial charge in [0, 0.05) is 31.1 Å². The molecule has 2 aromatic rings. The first kappa shape index (κ1) is 42.4. The van der Waals surface area contributed by atoms with Crippen molar-refractivity contribution in [3.05, 3.63) is 82.9 Å². The zero-order chi connectivity index (χ0) is 41.9. The minimum atomic E-state index is -2.11. The summed E-state index contributed by atoms with van der Waals surface area (Å²) in [6.07, 6.45) is -10.3. The van der Waals surface area contributed by atoms with E-state index < -0.39 is 100 Å². The lowest BCUT2D eigenvalue weighted by Crippen LogP contribution is -2.81. The number of fused-ring (bicyclic) bond motifs is 5. The van der Waals surface area contributed by atoms with Crippen LogP contribution < -0.4 is 5.32 Å². The van der Waals surface area contributed by atoms with Gasteiger partial charge in [0.2, 0.25) is 0 Å². The summed E-state index contributed by atoms with van der Waals surface area (Å²) in [5.74, 6) is -3.94. The molecule has 1 heterocycles. The lowest BCUT2D eigenvalue weighted by Gasteiger charge is -2.67. The summed E-state index contributed by atoms with van der Waals surface area (Å²) >= 11 is 0. The van der Waals surface area contributed by atoms with Gasteiger partial charge in [0.1, 0.15) is 29.5 Å². The molecule has 0 aromatic heterocycles. The van der Waals surface area contributed by atoms with Crippen molar-refractivity contribution in [2.45, 2.75) is 134 Å². The summed E-state index contributed by atoms with van der Waals surface area (Å²) in [7, 11) is 0. The molecule has 3 fully saturated rings. The summed E-state index contributed by atoms with van der Waals surface area (Å²) in [4.78, 5) is 54.8. The van der Waals surface area contributed by atoms with Gasteiger partial charge in [-0.3, -0.25) is 9.59 Å². The maximum Gasteiger partial charge on any atom is 0.408 e. The van der Waals surface area contributed by atoms with Crippen molar-refractivity contribution in [2.24, 2.45) is 16.7 Å². The van der Waals surface area contributed by atoms with Gasteiger partial charge in [-0.25, -0.2) is 9.59 Å². The molecule has 2 aromatic carbocycles. The minimum Gasteiger partial charge on any atom is -0.456 e. The topological polar surface area (TPSA) is 207 Å². The Morgan fingerprint density at radius 3 is 2.18 bits per heavy atom. The highest BCUT2D eigenvalue weighted by molar-refractivity contribution is 5.93. The summed E-state index contributed by atoms with van der Waals surface area (Å²) in [6, 6.07) is 16.0. The summed E-state index contributed by atoms with van der Waals surface area (Å²) in [6.45, 7) is 12.3. The Morgan fingerprint density at radius 1 is 1.00 bits per heavy atom. The van der Waals surface area contributed by atoms with Crippen LogP contribution in [0.25, 0.3) is 0 Å². The van der Waals surface area contributed by atoms with Crippen molar-refractivity contribution >= 4 is 23.8 Å². The number of benzene rings is 2. The number of aliphatic hydroxyl groups is 4. The van der Waals surface area contributed by atoms with Gasteiger partial charge in [0.05, 0.1) is 36.9 Å². The predicted octanol–water partition coefficient (Wildman–Crippen LogP) is 3.62. The SMILES string of the molecule is CC(=O)O[C@@]12CO[C@@H]1C[C@@H](O)[C@@]1(C)C(=O)[C@H](O)C3=C(C)[C@@H](OC(=O)[C@H](O)[C@@H](NC(=O)OC(C)(C)C)c4ccccc4)C[C@@](O)([C@@H](OCc4ccccc4)C12)C3(C)C. The molecule has 310 valence electrons. The number of nitrogens with one attached hydrogen (secondary N) is 1. The monoisotopic (exact) mass is 793 g/mol. The molecule has 5 N–H and O–H groups in total. The van der Waals surface area contributed by atoms with Crippen LogP contribution in [0.5, 0.6) is 0 Å². The van der Waals surface area contributed by atoms with E-state index in [1.54, 1.807) is 71.9 Å². The van der Waals surface area contributed by atoms with E-state index in [9.17, 15) is 39.6 Å². The quantitative estimate of drug-likeness (QED) is 0.140. The van der Waals surface area contributed by atoms with E-state index in [0.29, 0.717) is 11.1 Å². The Bertz CT molecular complexity index is 1890. The number of Topliss-reactive ketones (excluding diaryl/α,β-unsaturated/α-hetero) is 1. The van der Waals surface area contributed by atoms with Gasteiger partial charge in [0.15, 0.2) is 17.5 Å². The third kappa shape index (κ3) is 7.29. The number of aliphatic hydroxyl groups excluding tert-OH is 3. The Hall–Kier alpha value is -4.18. The molecule has 6 rings (SSSR count). The molecule has 4 aliphatic rings. The van der Waals surface area contributed by atoms with Crippen LogP contribution in [0.3, 0.4) is 0 Å². The third-order valence-corrected chi connectivity index (χ3v) is 12.6. The molecule has 1 unspecified atom stereocenters. The lowest BCUT2D eigenvalue weighted by atomic mass is 9.44. The third-order valence-electron chi connectivity index (χ3n) is 12.6. The van der Waals surface area contributed by atoms with E-state index >= 15 is 0 Å². The number of alkyl carbamates (subject to hydrolysis) is 1. The van der Waals surface area contributed by atoms with Crippen molar-refractivity contribution in [3.8, 4) is 0 Å². The van der Waals surface area contributed by atoms with Crippen molar-refractivity contribution < 1.29 is 63.3 Å². The van der Waals surface area contributed by atoms with Gasteiger partial charge < -0.3 is 49.4 Å². The van der Waals surface area contributed by atoms with Gasteiger partial charge in [0.25, 0.3) is 0 Å². The van der Waals surface area contributed by atoms with E-state index in [1.807, 2.05) is 30.3 Å². The van der Waals surface area contributed by atoms with Crippen LogP contribution >= 0.6 is 0 Å². The number of amides is 1. The molecule has 1 aliphatic heterocycles. The Balaban J connectivity index is 1.46. The normalized spacial score (nSPS) is 34.2. The molecule has 57 heavy (non-hydrogen) atoms. The smallest absolute Gasteiger partial charge is 0.408 e. The molecule has 1 saturated heterocycles. The van der Waals surface area contributed by atoms with Crippen LogP contribution in [0, 0.1) is 16.7 Å². The fourth-order valence-corrected chi connectivity index (χ4v) is 9.63. The van der Waals surface area contributed by atoms with Gasteiger partial charge >= 0.3 is 18.0 Å². The molecule has 14 heteroatoms.